The van der Waals surface area contributed by atoms with Gasteiger partial charge in [-0.2, -0.15) is 0 Å². The Morgan fingerprint density at radius 3 is 2.48 bits per heavy atom. The summed E-state index contributed by atoms with van der Waals surface area (Å²) in [7, 11) is 0. The SMILES string of the molecule is CCC(=O)N1CCN(c2ccc(NC(=O)/C=C/c3ccc(-c4ccccc4)o3)cc2Cl)CC1. The maximum absolute atomic E-state index is 12.4. The number of anilines is 2. The minimum atomic E-state index is -0.275. The molecule has 33 heavy (non-hydrogen) atoms. The van der Waals surface area contributed by atoms with Crippen LogP contribution in [-0.4, -0.2) is 42.9 Å². The van der Waals surface area contributed by atoms with Gasteiger partial charge in [-0.15, -0.1) is 0 Å². The summed E-state index contributed by atoms with van der Waals surface area (Å²) in [6.45, 7) is 4.71. The van der Waals surface area contributed by atoms with Crippen molar-refractivity contribution in [3.05, 3.63) is 77.5 Å². The lowest BCUT2D eigenvalue weighted by Gasteiger charge is -2.36. The molecule has 1 aromatic heterocycles. The third-order valence-corrected chi connectivity index (χ3v) is 5.88. The van der Waals surface area contributed by atoms with Gasteiger partial charge < -0.3 is 19.5 Å². The van der Waals surface area contributed by atoms with E-state index in [1.54, 1.807) is 12.1 Å². The predicted octanol–water partition coefficient (Wildman–Crippen LogP) is 5.31. The van der Waals surface area contributed by atoms with Gasteiger partial charge in [0.1, 0.15) is 11.5 Å². The molecule has 1 saturated heterocycles. The van der Waals surface area contributed by atoms with Crippen LogP contribution in [0.2, 0.25) is 5.02 Å². The highest BCUT2D eigenvalue weighted by Gasteiger charge is 2.21. The second-order valence-electron chi connectivity index (χ2n) is 7.78. The molecule has 7 heteroatoms. The molecular weight excluding hydrogens is 438 g/mol. The minimum absolute atomic E-state index is 0.178. The molecule has 0 atom stereocenters. The fourth-order valence-electron chi connectivity index (χ4n) is 3.80. The number of amides is 2. The summed E-state index contributed by atoms with van der Waals surface area (Å²) in [6, 6.07) is 19.0. The van der Waals surface area contributed by atoms with Crippen molar-refractivity contribution < 1.29 is 14.0 Å². The molecule has 0 unspecified atom stereocenters. The summed E-state index contributed by atoms with van der Waals surface area (Å²) in [5.74, 6) is 1.25. The summed E-state index contributed by atoms with van der Waals surface area (Å²) >= 11 is 6.50. The monoisotopic (exact) mass is 463 g/mol. The van der Waals surface area contributed by atoms with E-state index in [9.17, 15) is 9.59 Å². The highest BCUT2D eigenvalue weighted by molar-refractivity contribution is 6.33. The van der Waals surface area contributed by atoms with E-state index >= 15 is 0 Å². The van der Waals surface area contributed by atoms with Gasteiger partial charge in [-0.05, 0) is 36.4 Å². The van der Waals surface area contributed by atoms with Crippen molar-refractivity contribution in [1.82, 2.24) is 4.90 Å². The molecule has 3 aromatic rings. The molecule has 0 aliphatic carbocycles. The fourth-order valence-corrected chi connectivity index (χ4v) is 4.10. The van der Waals surface area contributed by atoms with Gasteiger partial charge in [0, 0.05) is 49.9 Å². The molecule has 170 valence electrons. The number of nitrogens with zero attached hydrogens (tertiary/aromatic N) is 2. The molecular formula is C26H26ClN3O3. The van der Waals surface area contributed by atoms with Gasteiger partial charge in [0.25, 0.3) is 0 Å². The van der Waals surface area contributed by atoms with Gasteiger partial charge >= 0.3 is 0 Å². The first-order chi connectivity index (χ1) is 16.0. The molecule has 6 nitrogen and oxygen atoms in total. The average molecular weight is 464 g/mol. The van der Waals surface area contributed by atoms with E-state index in [-0.39, 0.29) is 11.8 Å². The van der Waals surface area contributed by atoms with E-state index in [1.807, 2.05) is 66.4 Å². The highest BCUT2D eigenvalue weighted by atomic mass is 35.5. The van der Waals surface area contributed by atoms with Gasteiger partial charge in [-0.1, -0.05) is 48.9 Å². The number of carbonyl (C=O) groups is 2. The molecule has 1 aliphatic rings. The number of furan rings is 1. The standard InChI is InChI=1S/C26H26ClN3O3/c1-2-26(32)30-16-14-29(15-17-30)23-11-8-20(18-22(23)27)28-25(31)13-10-21-9-12-24(33-21)19-6-4-3-5-7-19/h3-13,18H,2,14-17H2,1H3,(H,28,31)/b13-10+. The summed E-state index contributed by atoms with van der Waals surface area (Å²) in [6.07, 6.45) is 3.59. The Bertz CT molecular complexity index is 1150. The number of halogens is 1. The zero-order valence-corrected chi connectivity index (χ0v) is 19.2. The van der Waals surface area contributed by atoms with E-state index in [1.165, 1.54) is 6.08 Å². The summed E-state index contributed by atoms with van der Waals surface area (Å²) in [5, 5.41) is 3.39. The average Bonchev–Trinajstić information content (AvgIpc) is 3.32. The molecule has 1 fully saturated rings. The Balaban J connectivity index is 1.34. The van der Waals surface area contributed by atoms with Crippen LogP contribution in [0, 0.1) is 0 Å². The summed E-state index contributed by atoms with van der Waals surface area (Å²) in [5.41, 5.74) is 2.50. The quantitative estimate of drug-likeness (QED) is 0.503. The minimum Gasteiger partial charge on any atom is -0.457 e. The van der Waals surface area contributed by atoms with Crippen molar-refractivity contribution in [1.29, 1.82) is 0 Å². The van der Waals surface area contributed by atoms with Gasteiger partial charge in [0.2, 0.25) is 11.8 Å². The normalized spacial score (nSPS) is 14.0. The molecule has 2 aromatic carbocycles. The lowest BCUT2D eigenvalue weighted by molar-refractivity contribution is -0.131. The van der Waals surface area contributed by atoms with Crippen LogP contribution in [0.25, 0.3) is 17.4 Å². The van der Waals surface area contributed by atoms with Crippen molar-refractivity contribution in [3.8, 4) is 11.3 Å². The third kappa shape index (κ3) is 5.65. The molecule has 0 spiro atoms. The van der Waals surface area contributed by atoms with E-state index in [0.717, 1.165) is 30.1 Å². The molecule has 0 radical (unpaired) electrons. The zero-order chi connectivity index (χ0) is 23.2. The number of rotatable bonds is 6. The van der Waals surface area contributed by atoms with Gasteiger partial charge in [-0.25, -0.2) is 0 Å². The van der Waals surface area contributed by atoms with Crippen molar-refractivity contribution in [2.75, 3.05) is 36.4 Å². The molecule has 0 saturated carbocycles. The number of hydrogen-bond acceptors (Lipinski definition) is 4. The van der Waals surface area contributed by atoms with Crippen LogP contribution in [0.15, 0.2) is 71.2 Å². The topological polar surface area (TPSA) is 65.8 Å². The maximum Gasteiger partial charge on any atom is 0.248 e. The Labute approximate surface area is 198 Å². The van der Waals surface area contributed by atoms with Crippen LogP contribution in [0.4, 0.5) is 11.4 Å². The number of hydrogen-bond donors (Lipinski definition) is 1. The number of benzene rings is 2. The summed E-state index contributed by atoms with van der Waals surface area (Å²) < 4.78 is 5.78. The number of piperazine rings is 1. The Kier molecular flexibility index (Phi) is 7.15. The third-order valence-electron chi connectivity index (χ3n) is 5.57. The Morgan fingerprint density at radius 1 is 1.03 bits per heavy atom. The fraction of sp³-hybridized carbons (Fsp3) is 0.231. The molecule has 0 bridgehead atoms. The van der Waals surface area contributed by atoms with Crippen LogP contribution in [0.5, 0.6) is 0 Å². The van der Waals surface area contributed by atoms with Crippen LogP contribution >= 0.6 is 11.6 Å². The van der Waals surface area contributed by atoms with Gasteiger partial charge in [0.05, 0.1) is 10.7 Å². The second-order valence-corrected chi connectivity index (χ2v) is 8.19. The molecule has 2 amide bonds. The van der Waals surface area contributed by atoms with Crippen LogP contribution in [0.3, 0.4) is 0 Å². The number of carbonyl (C=O) groups excluding carboxylic acids is 2. The van der Waals surface area contributed by atoms with Gasteiger partial charge in [-0.3, -0.25) is 9.59 Å². The van der Waals surface area contributed by atoms with Crippen molar-refractivity contribution in [2.24, 2.45) is 0 Å². The molecule has 1 N–H and O–H groups in total. The van der Waals surface area contributed by atoms with Crippen molar-refractivity contribution >= 4 is 40.9 Å². The van der Waals surface area contributed by atoms with E-state index in [4.69, 9.17) is 16.0 Å². The predicted molar refractivity (Wildman–Crippen MR) is 132 cm³/mol. The van der Waals surface area contributed by atoms with Crippen molar-refractivity contribution in [2.45, 2.75) is 13.3 Å². The van der Waals surface area contributed by atoms with Crippen LogP contribution < -0.4 is 10.2 Å². The smallest absolute Gasteiger partial charge is 0.248 e. The first-order valence-corrected chi connectivity index (χ1v) is 11.4. The summed E-state index contributed by atoms with van der Waals surface area (Å²) in [4.78, 5) is 28.3. The molecule has 1 aliphatic heterocycles. The van der Waals surface area contributed by atoms with Crippen molar-refractivity contribution in [3.63, 3.8) is 0 Å². The molecule has 2 heterocycles. The van der Waals surface area contributed by atoms with E-state index in [0.29, 0.717) is 36.0 Å². The van der Waals surface area contributed by atoms with Gasteiger partial charge in [0.15, 0.2) is 0 Å². The zero-order valence-electron chi connectivity index (χ0n) is 18.5. The Hall–Kier alpha value is -3.51. The Morgan fingerprint density at radius 2 is 1.79 bits per heavy atom. The lowest BCUT2D eigenvalue weighted by Crippen LogP contribution is -2.48. The first kappa shape index (κ1) is 22.7. The van der Waals surface area contributed by atoms with Crippen LogP contribution in [0.1, 0.15) is 19.1 Å². The number of nitrogens with one attached hydrogen (secondary N) is 1. The molecule has 4 rings (SSSR count). The highest BCUT2D eigenvalue weighted by Crippen LogP contribution is 2.30. The van der Waals surface area contributed by atoms with Crippen LogP contribution in [-0.2, 0) is 9.59 Å². The first-order valence-electron chi connectivity index (χ1n) is 11.0. The second kappa shape index (κ2) is 10.4. The van der Waals surface area contributed by atoms with E-state index < -0.39 is 0 Å². The largest absolute Gasteiger partial charge is 0.457 e. The lowest BCUT2D eigenvalue weighted by atomic mass is 10.2. The maximum atomic E-state index is 12.4. The van der Waals surface area contributed by atoms with E-state index in [2.05, 4.69) is 10.2 Å².